The Balaban J connectivity index is 1.88. The molecule has 47 heavy (non-hydrogen) atoms. The molecule has 0 atom stereocenters. The highest BCUT2D eigenvalue weighted by Gasteiger charge is 2.37. The number of carbonyl (C=O) groups is 2. The lowest BCUT2D eigenvalue weighted by Crippen LogP contribution is -2.45. The highest BCUT2D eigenvalue weighted by Crippen LogP contribution is 2.36. The van der Waals surface area contributed by atoms with Crippen LogP contribution in [0.25, 0.3) is 28.0 Å². The van der Waals surface area contributed by atoms with Gasteiger partial charge in [-0.25, -0.2) is 19.6 Å². The fourth-order valence-electron chi connectivity index (χ4n) is 4.68. The van der Waals surface area contributed by atoms with E-state index in [-0.39, 0.29) is 29.4 Å². The van der Waals surface area contributed by atoms with Gasteiger partial charge in [-0.1, -0.05) is 30.3 Å². The summed E-state index contributed by atoms with van der Waals surface area (Å²) in [6, 6.07) is 17.6. The first-order valence-corrected chi connectivity index (χ1v) is 14.8. The van der Waals surface area contributed by atoms with Gasteiger partial charge in [0.25, 0.3) is 0 Å². The topological polar surface area (TPSA) is 158 Å². The second kappa shape index (κ2) is 12.5. The minimum atomic E-state index is -1.04. The highest BCUT2D eigenvalue weighted by molar-refractivity contribution is 6.09. The number of pyridine rings is 2. The lowest BCUT2D eigenvalue weighted by Gasteiger charge is -2.28. The number of nitriles is 1. The summed E-state index contributed by atoms with van der Waals surface area (Å²) in [4.78, 5) is 54.8. The van der Waals surface area contributed by atoms with E-state index in [1.54, 1.807) is 79.2 Å². The van der Waals surface area contributed by atoms with E-state index in [0.29, 0.717) is 38.5 Å². The van der Waals surface area contributed by atoms with Crippen LogP contribution in [0.4, 0.5) is 15.5 Å². The number of aryl methyl sites for hydroxylation is 1. The number of hydrogen-bond donors (Lipinski definition) is 0. The maximum atomic E-state index is 13.8. The van der Waals surface area contributed by atoms with E-state index in [2.05, 4.69) is 11.1 Å². The number of aromatic nitrogens is 6. The van der Waals surface area contributed by atoms with Crippen LogP contribution in [0.15, 0.2) is 71.8 Å². The zero-order valence-corrected chi connectivity index (χ0v) is 27.2. The fraction of sp³-hybridized carbons (Fsp3) is 0.294. The molecule has 0 fully saturated rings. The molecule has 0 N–H and O–H groups in total. The van der Waals surface area contributed by atoms with Crippen LogP contribution in [0, 0.1) is 11.3 Å². The number of rotatable bonds is 5. The average molecular weight is 635 g/mol. The Morgan fingerprint density at radius 3 is 2.15 bits per heavy atom. The molecule has 5 aromatic rings. The Morgan fingerprint density at radius 1 is 0.894 bits per heavy atom. The average Bonchev–Trinajstić information content (AvgIpc) is 3.41. The summed E-state index contributed by atoms with van der Waals surface area (Å²) in [7, 11) is 1.62. The van der Waals surface area contributed by atoms with Gasteiger partial charge in [-0.2, -0.15) is 9.78 Å². The quantitative estimate of drug-likeness (QED) is 0.235. The third kappa shape index (κ3) is 7.17. The van der Waals surface area contributed by atoms with Crippen LogP contribution in [-0.4, -0.2) is 52.5 Å². The lowest BCUT2D eigenvalue weighted by atomic mass is 10.0. The molecule has 0 aliphatic heterocycles. The molecule has 1 aromatic carbocycles. The van der Waals surface area contributed by atoms with Crippen LogP contribution < -0.4 is 10.5 Å². The smallest absolute Gasteiger partial charge is 0.427 e. The molecule has 0 radical (unpaired) electrons. The largest absolute Gasteiger partial charge is 0.443 e. The summed E-state index contributed by atoms with van der Waals surface area (Å²) in [5.74, 6) is -0.0101. The summed E-state index contributed by atoms with van der Waals surface area (Å²) in [6.07, 6.45) is 1.18. The van der Waals surface area contributed by atoms with Crippen molar-refractivity contribution in [3.63, 3.8) is 0 Å². The van der Waals surface area contributed by atoms with Gasteiger partial charge in [0.05, 0.1) is 28.9 Å². The molecule has 0 unspecified atom stereocenters. The van der Waals surface area contributed by atoms with Crippen molar-refractivity contribution >= 4 is 23.8 Å². The Bertz CT molecular complexity index is 2050. The maximum Gasteiger partial charge on any atom is 0.427 e. The number of anilines is 1. The molecule has 4 aromatic heterocycles. The van der Waals surface area contributed by atoms with Gasteiger partial charge in [0, 0.05) is 36.6 Å². The van der Waals surface area contributed by atoms with Crippen molar-refractivity contribution in [2.75, 3.05) is 4.90 Å². The molecule has 13 heteroatoms. The van der Waals surface area contributed by atoms with Crippen LogP contribution in [0.3, 0.4) is 0 Å². The van der Waals surface area contributed by atoms with Gasteiger partial charge in [-0.05, 0) is 59.7 Å². The number of benzene rings is 1. The van der Waals surface area contributed by atoms with Crippen molar-refractivity contribution in [1.82, 2.24) is 29.1 Å². The van der Waals surface area contributed by atoms with Crippen LogP contribution in [-0.2, 0) is 22.9 Å². The summed E-state index contributed by atoms with van der Waals surface area (Å²) >= 11 is 0. The second-order valence-electron chi connectivity index (χ2n) is 12.7. The number of fused-ring (bicyclic) bond motifs is 1. The van der Waals surface area contributed by atoms with Gasteiger partial charge in [-0.15, -0.1) is 10.00 Å². The first-order valence-electron chi connectivity index (χ1n) is 14.8. The summed E-state index contributed by atoms with van der Waals surface area (Å²) < 4.78 is 14.0. The third-order valence-electron chi connectivity index (χ3n) is 6.62. The number of hydrogen-bond acceptors (Lipinski definition) is 10. The van der Waals surface area contributed by atoms with Gasteiger partial charge in [-0.3, -0.25) is 9.78 Å². The van der Waals surface area contributed by atoms with Crippen LogP contribution in [0.2, 0.25) is 0 Å². The van der Waals surface area contributed by atoms with Crippen LogP contribution in [0.5, 0.6) is 0 Å². The Morgan fingerprint density at radius 2 is 1.55 bits per heavy atom. The molecule has 0 aliphatic carbocycles. The monoisotopic (exact) mass is 634 g/mol. The molecule has 0 saturated carbocycles. The predicted octanol–water partition coefficient (Wildman–Crippen LogP) is 5.69. The summed E-state index contributed by atoms with van der Waals surface area (Å²) in [5, 5.41) is 14.4. The molecule has 5 rings (SSSR count). The van der Waals surface area contributed by atoms with Crippen molar-refractivity contribution < 1.29 is 19.1 Å². The molecule has 0 saturated heterocycles. The van der Waals surface area contributed by atoms with Gasteiger partial charge in [0.15, 0.2) is 11.5 Å². The number of amides is 2. The Hall–Kier alpha value is -5.90. The third-order valence-corrected chi connectivity index (χ3v) is 6.62. The predicted molar refractivity (Wildman–Crippen MR) is 174 cm³/mol. The van der Waals surface area contributed by atoms with E-state index in [0.717, 1.165) is 0 Å². The summed E-state index contributed by atoms with van der Waals surface area (Å²) in [5.41, 5.74) is 0.844. The summed E-state index contributed by atoms with van der Waals surface area (Å²) in [6.45, 7) is 10.0. The molecule has 13 nitrogen and oxygen atoms in total. The molecule has 0 spiro atoms. The van der Waals surface area contributed by atoms with Crippen LogP contribution >= 0.6 is 0 Å². The van der Waals surface area contributed by atoms with Crippen molar-refractivity contribution in [2.24, 2.45) is 7.05 Å². The number of nitrogens with zero attached hydrogens (tertiary/aromatic N) is 8. The van der Waals surface area contributed by atoms with E-state index in [1.165, 1.54) is 15.1 Å². The van der Waals surface area contributed by atoms with Crippen molar-refractivity contribution in [3.8, 4) is 28.5 Å². The lowest BCUT2D eigenvalue weighted by molar-refractivity contribution is 0.0426. The number of carbonyl (C=O) groups excluding carboxylic acids is 2. The van der Waals surface area contributed by atoms with E-state index < -0.39 is 23.4 Å². The van der Waals surface area contributed by atoms with Gasteiger partial charge < -0.3 is 14.0 Å². The van der Waals surface area contributed by atoms with Crippen LogP contribution in [0.1, 0.15) is 58.6 Å². The van der Waals surface area contributed by atoms with Crippen molar-refractivity contribution in [2.45, 2.75) is 59.2 Å². The zero-order valence-electron chi connectivity index (χ0n) is 27.2. The Labute approximate surface area is 271 Å². The standard InChI is InChI=1S/C34H34N8O5/c1-33(2,3)46-31(44)41(32(45)47-34(4,5)6)30-38-28(21-12-9-8-10-13-21)27(23-15-16-26(43)40(7)20-23)29-37-25(39-42(29)30)18-24-22(19-35)14-11-17-36-24/h8-17,20H,18H2,1-7H3. The van der Waals surface area contributed by atoms with E-state index >= 15 is 0 Å². The first kappa shape index (κ1) is 32.5. The molecule has 4 heterocycles. The molecule has 2 amide bonds. The molecular weight excluding hydrogens is 600 g/mol. The van der Waals surface area contributed by atoms with Crippen molar-refractivity contribution in [1.29, 1.82) is 5.26 Å². The van der Waals surface area contributed by atoms with Gasteiger partial charge in [0.2, 0.25) is 11.5 Å². The van der Waals surface area contributed by atoms with E-state index in [1.807, 2.05) is 30.3 Å². The minimum absolute atomic E-state index is 0.0527. The SMILES string of the molecule is Cn1cc(-c2c(-c3ccccc3)nc(N(C(=O)OC(C)(C)C)C(=O)OC(C)(C)C)n3nc(Cc4ncccc4C#N)nc23)ccc1=O. The molecule has 0 bridgehead atoms. The normalized spacial score (nSPS) is 11.6. The fourth-order valence-corrected chi connectivity index (χ4v) is 4.68. The molecular formula is C34H34N8O5. The number of imide groups is 1. The molecule has 0 aliphatic rings. The van der Waals surface area contributed by atoms with Gasteiger partial charge in [0.1, 0.15) is 17.3 Å². The first-order chi connectivity index (χ1) is 22.1. The zero-order chi connectivity index (χ0) is 34.1. The van der Waals surface area contributed by atoms with E-state index in [9.17, 15) is 19.6 Å². The molecule has 240 valence electrons. The highest BCUT2D eigenvalue weighted by atomic mass is 16.6. The van der Waals surface area contributed by atoms with Gasteiger partial charge >= 0.3 is 12.2 Å². The minimum Gasteiger partial charge on any atom is -0.443 e. The number of ether oxygens (including phenoxy) is 2. The van der Waals surface area contributed by atoms with E-state index in [4.69, 9.17) is 24.5 Å². The van der Waals surface area contributed by atoms with Crippen molar-refractivity contribution in [3.05, 3.63) is 94.4 Å². The Kier molecular flexibility index (Phi) is 8.62. The maximum absolute atomic E-state index is 13.8. The second-order valence-corrected chi connectivity index (χ2v) is 12.7.